The first-order chi connectivity index (χ1) is 16.0. The van der Waals surface area contributed by atoms with E-state index < -0.39 is 18.2 Å². The Morgan fingerprint density at radius 1 is 1.06 bits per heavy atom. The largest absolute Gasteiger partial charge is 0.485 e. The number of methoxy groups -OCH3 is 1. The lowest BCUT2D eigenvalue weighted by molar-refractivity contribution is -0.151. The van der Waals surface area contributed by atoms with E-state index in [4.69, 9.17) is 14.2 Å². The fraction of sp³-hybridized carbons (Fsp3) is 0.296. The number of fused-ring (bicyclic) bond motifs is 1. The molecule has 3 aromatic carbocycles. The Hall–Kier alpha value is -3.35. The molecule has 2 N–H and O–H groups in total. The van der Waals surface area contributed by atoms with Gasteiger partial charge in [-0.25, -0.2) is 4.79 Å². The van der Waals surface area contributed by atoms with Gasteiger partial charge in [0.05, 0.1) is 13.2 Å². The molecule has 0 saturated heterocycles. The van der Waals surface area contributed by atoms with Gasteiger partial charge < -0.3 is 24.6 Å². The molecule has 0 amide bonds. The maximum atomic E-state index is 11.6. The first-order valence-electron chi connectivity index (χ1n) is 11.1. The van der Waals surface area contributed by atoms with Crippen LogP contribution in [0.5, 0.6) is 11.5 Å². The van der Waals surface area contributed by atoms with E-state index in [0.717, 1.165) is 28.7 Å². The zero-order valence-corrected chi connectivity index (χ0v) is 18.9. The third-order valence-corrected chi connectivity index (χ3v) is 5.74. The Kier molecular flexibility index (Phi) is 7.27. The lowest BCUT2D eigenvalue weighted by Crippen LogP contribution is -2.37. The van der Waals surface area contributed by atoms with Crippen molar-refractivity contribution < 1.29 is 24.1 Å². The van der Waals surface area contributed by atoms with Crippen molar-refractivity contribution in [3.8, 4) is 22.6 Å². The minimum absolute atomic E-state index is 0.131. The molecule has 0 saturated carbocycles. The van der Waals surface area contributed by atoms with Gasteiger partial charge in [-0.15, -0.1) is 0 Å². The van der Waals surface area contributed by atoms with Crippen molar-refractivity contribution >= 4 is 5.97 Å². The molecule has 3 atom stereocenters. The summed E-state index contributed by atoms with van der Waals surface area (Å²) in [6, 6.07) is 24.1. The summed E-state index contributed by atoms with van der Waals surface area (Å²) in [6.45, 7) is 2.67. The third kappa shape index (κ3) is 5.72. The number of benzene rings is 3. The van der Waals surface area contributed by atoms with E-state index in [1.54, 1.807) is 0 Å². The number of hydrogen-bond acceptors (Lipinski definition) is 6. The van der Waals surface area contributed by atoms with E-state index >= 15 is 0 Å². The van der Waals surface area contributed by atoms with E-state index in [9.17, 15) is 9.90 Å². The second kappa shape index (κ2) is 10.5. The average Bonchev–Trinajstić information content (AvgIpc) is 2.87. The molecule has 3 aromatic rings. The maximum Gasteiger partial charge on any atom is 0.350 e. The van der Waals surface area contributed by atoms with Crippen LogP contribution in [-0.2, 0) is 16.0 Å². The van der Waals surface area contributed by atoms with Gasteiger partial charge in [0.1, 0.15) is 6.61 Å². The van der Waals surface area contributed by atoms with Gasteiger partial charge in [-0.3, -0.25) is 0 Å². The summed E-state index contributed by atoms with van der Waals surface area (Å²) >= 11 is 0. The van der Waals surface area contributed by atoms with E-state index in [2.05, 4.69) is 24.4 Å². The Balaban J connectivity index is 1.29. The van der Waals surface area contributed by atoms with Crippen LogP contribution in [0.3, 0.4) is 0 Å². The van der Waals surface area contributed by atoms with E-state index in [0.29, 0.717) is 18.0 Å². The molecule has 4 rings (SSSR count). The average molecular weight is 448 g/mol. The minimum Gasteiger partial charge on any atom is -0.485 e. The summed E-state index contributed by atoms with van der Waals surface area (Å²) in [5.74, 6) is 0.713. The number of hydrogen-bond donors (Lipinski definition) is 2. The lowest BCUT2D eigenvalue weighted by Gasteiger charge is -2.25. The zero-order chi connectivity index (χ0) is 23.2. The Morgan fingerprint density at radius 2 is 1.79 bits per heavy atom. The molecular formula is C27H29NO5. The Bertz CT molecular complexity index is 1070. The molecule has 0 bridgehead atoms. The highest BCUT2D eigenvalue weighted by Gasteiger charge is 2.28. The number of aliphatic hydroxyl groups excluding tert-OH is 1. The van der Waals surface area contributed by atoms with Gasteiger partial charge >= 0.3 is 5.97 Å². The molecule has 1 heterocycles. The monoisotopic (exact) mass is 447 g/mol. The molecule has 1 aliphatic rings. The number of ether oxygens (including phenoxy) is 3. The van der Waals surface area contributed by atoms with Crippen molar-refractivity contribution in [3.05, 3.63) is 83.9 Å². The summed E-state index contributed by atoms with van der Waals surface area (Å²) in [7, 11) is 1.33. The van der Waals surface area contributed by atoms with Crippen LogP contribution in [0.15, 0.2) is 72.8 Å². The number of aliphatic hydroxyl groups is 1. The van der Waals surface area contributed by atoms with E-state index in [1.165, 1.54) is 7.11 Å². The normalized spacial score (nSPS) is 16.6. The second-order valence-electron chi connectivity index (χ2n) is 8.24. The number of esters is 1. The van der Waals surface area contributed by atoms with Gasteiger partial charge in [0.25, 0.3) is 0 Å². The van der Waals surface area contributed by atoms with Gasteiger partial charge in [-0.2, -0.15) is 0 Å². The Morgan fingerprint density at radius 3 is 2.52 bits per heavy atom. The predicted octanol–water partition coefficient (Wildman–Crippen LogP) is 3.92. The molecule has 6 heteroatoms. The summed E-state index contributed by atoms with van der Waals surface area (Å²) in [4.78, 5) is 11.6. The summed E-state index contributed by atoms with van der Waals surface area (Å²) in [5, 5.41) is 14.0. The van der Waals surface area contributed by atoms with Crippen molar-refractivity contribution in [1.29, 1.82) is 0 Å². The van der Waals surface area contributed by atoms with Crippen molar-refractivity contribution in [3.63, 3.8) is 0 Å². The van der Waals surface area contributed by atoms with Gasteiger partial charge in [0.2, 0.25) is 6.10 Å². The second-order valence-corrected chi connectivity index (χ2v) is 8.24. The first-order valence-corrected chi connectivity index (χ1v) is 11.1. The number of rotatable bonds is 8. The fourth-order valence-electron chi connectivity index (χ4n) is 3.87. The summed E-state index contributed by atoms with van der Waals surface area (Å²) in [6.07, 6.45) is -0.568. The van der Waals surface area contributed by atoms with Crippen LogP contribution < -0.4 is 14.8 Å². The minimum atomic E-state index is -0.739. The fourth-order valence-corrected chi connectivity index (χ4v) is 3.87. The number of carbonyl (C=O) groups excluding carboxylic acids is 1. The number of carbonyl (C=O) groups is 1. The van der Waals surface area contributed by atoms with Crippen molar-refractivity contribution in [1.82, 2.24) is 5.32 Å². The van der Waals surface area contributed by atoms with Crippen molar-refractivity contribution in [2.75, 3.05) is 20.3 Å². The molecule has 6 nitrogen and oxygen atoms in total. The predicted molar refractivity (Wildman–Crippen MR) is 126 cm³/mol. The summed E-state index contributed by atoms with van der Waals surface area (Å²) < 4.78 is 16.1. The quantitative estimate of drug-likeness (QED) is 0.510. The van der Waals surface area contributed by atoms with Crippen LogP contribution in [-0.4, -0.2) is 43.5 Å². The molecule has 33 heavy (non-hydrogen) atoms. The molecule has 3 unspecified atom stereocenters. The molecular weight excluding hydrogens is 418 g/mol. The highest BCUT2D eigenvalue weighted by atomic mass is 16.6. The van der Waals surface area contributed by atoms with E-state index in [-0.39, 0.29) is 12.6 Å². The standard InChI is InChI=1S/C27H29NO5/c1-18(14-19-8-13-24-25(15-19)32-17-26(33-24)27(30)31-2)28-16-23(29)22-11-9-21(10-12-22)20-6-4-3-5-7-20/h3-13,15,18,23,26,28-29H,14,16-17H2,1-2H3. The van der Waals surface area contributed by atoms with Crippen LogP contribution >= 0.6 is 0 Å². The molecule has 0 spiro atoms. The highest BCUT2D eigenvalue weighted by Crippen LogP contribution is 2.33. The van der Waals surface area contributed by atoms with Crippen molar-refractivity contribution in [2.45, 2.75) is 31.6 Å². The molecule has 0 aromatic heterocycles. The molecule has 1 aliphatic heterocycles. The zero-order valence-electron chi connectivity index (χ0n) is 18.9. The van der Waals surface area contributed by atoms with Gasteiger partial charge in [0.15, 0.2) is 11.5 Å². The Labute approximate surface area is 194 Å². The van der Waals surface area contributed by atoms with Gasteiger partial charge in [0, 0.05) is 12.6 Å². The topological polar surface area (TPSA) is 77.0 Å². The van der Waals surface area contributed by atoms with Gasteiger partial charge in [-0.05, 0) is 47.7 Å². The van der Waals surface area contributed by atoms with Gasteiger partial charge in [-0.1, -0.05) is 60.7 Å². The highest BCUT2D eigenvalue weighted by molar-refractivity contribution is 5.75. The first kappa shape index (κ1) is 22.8. The SMILES string of the molecule is COC(=O)C1COc2cc(CC(C)NCC(O)c3ccc(-c4ccccc4)cc3)ccc2O1. The molecule has 172 valence electrons. The molecule has 0 fully saturated rings. The van der Waals surface area contributed by atoms with Crippen LogP contribution in [0.1, 0.15) is 24.2 Å². The van der Waals surface area contributed by atoms with Crippen LogP contribution in [0.2, 0.25) is 0 Å². The van der Waals surface area contributed by atoms with Crippen molar-refractivity contribution in [2.24, 2.45) is 0 Å². The van der Waals surface area contributed by atoms with Crippen LogP contribution in [0, 0.1) is 0 Å². The third-order valence-electron chi connectivity index (χ3n) is 5.74. The van der Waals surface area contributed by atoms with Crippen LogP contribution in [0.4, 0.5) is 0 Å². The van der Waals surface area contributed by atoms with E-state index in [1.807, 2.05) is 60.7 Å². The molecule has 0 radical (unpaired) electrons. The lowest BCUT2D eigenvalue weighted by atomic mass is 10.0. The summed E-state index contributed by atoms with van der Waals surface area (Å²) in [5.41, 5.74) is 4.25. The smallest absolute Gasteiger partial charge is 0.350 e. The molecule has 0 aliphatic carbocycles. The van der Waals surface area contributed by atoms with Crippen LogP contribution in [0.25, 0.3) is 11.1 Å². The maximum absolute atomic E-state index is 11.6. The number of nitrogens with one attached hydrogen (secondary N) is 1.